The van der Waals surface area contributed by atoms with Crippen LogP contribution in [0.25, 0.3) is 0 Å². The summed E-state index contributed by atoms with van der Waals surface area (Å²) >= 11 is 0. The predicted molar refractivity (Wildman–Crippen MR) is 57.7 cm³/mol. The first kappa shape index (κ1) is 11.0. The van der Waals surface area contributed by atoms with E-state index < -0.39 is 0 Å². The molecule has 0 radical (unpaired) electrons. The Morgan fingerprint density at radius 3 is 2.23 bits per heavy atom. The van der Waals surface area contributed by atoms with Gasteiger partial charge in [-0.25, -0.2) is 0 Å². The fraction of sp³-hybridized carbons (Fsp3) is 1.00. The van der Waals surface area contributed by atoms with Gasteiger partial charge in [-0.05, 0) is 39.2 Å². The summed E-state index contributed by atoms with van der Waals surface area (Å²) in [7, 11) is 2.24. The van der Waals surface area contributed by atoms with Crippen LogP contribution in [-0.4, -0.2) is 30.1 Å². The molecule has 1 aliphatic carbocycles. The molecule has 0 heterocycles. The molecule has 13 heavy (non-hydrogen) atoms. The van der Waals surface area contributed by atoms with Gasteiger partial charge in [0.05, 0.1) is 0 Å². The van der Waals surface area contributed by atoms with Crippen molar-refractivity contribution in [3.05, 3.63) is 0 Å². The fourth-order valence-electron chi connectivity index (χ4n) is 2.16. The standard InChI is InChI=1S/C11H24N2/c1-8(2)9(3)13(4)11-6-5-10(12)7-11/h8-11H,5-7,12H2,1-4H3. The van der Waals surface area contributed by atoms with Gasteiger partial charge in [-0.15, -0.1) is 0 Å². The van der Waals surface area contributed by atoms with Crippen LogP contribution >= 0.6 is 0 Å². The topological polar surface area (TPSA) is 29.3 Å². The van der Waals surface area contributed by atoms with Gasteiger partial charge in [0.15, 0.2) is 0 Å². The van der Waals surface area contributed by atoms with E-state index in [1.54, 1.807) is 0 Å². The number of hydrogen-bond donors (Lipinski definition) is 1. The Balaban J connectivity index is 2.43. The molecule has 1 fully saturated rings. The molecule has 0 amide bonds. The zero-order valence-corrected chi connectivity index (χ0v) is 9.46. The Kier molecular flexibility index (Phi) is 3.74. The number of rotatable bonds is 3. The molecule has 1 rings (SSSR count). The number of nitrogens with zero attached hydrogens (tertiary/aromatic N) is 1. The van der Waals surface area contributed by atoms with Gasteiger partial charge in [0.1, 0.15) is 0 Å². The lowest BCUT2D eigenvalue weighted by atomic mass is 10.0. The molecule has 0 aromatic rings. The third-order valence-corrected chi connectivity index (χ3v) is 3.63. The quantitative estimate of drug-likeness (QED) is 0.725. The lowest BCUT2D eigenvalue weighted by molar-refractivity contribution is 0.149. The van der Waals surface area contributed by atoms with E-state index in [-0.39, 0.29) is 0 Å². The molecule has 1 saturated carbocycles. The summed E-state index contributed by atoms with van der Waals surface area (Å²) in [5.74, 6) is 0.738. The molecule has 1 aliphatic rings. The van der Waals surface area contributed by atoms with Gasteiger partial charge in [0.2, 0.25) is 0 Å². The van der Waals surface area contributed by atoms with Crippen molar-refractivity contribution in [2.24, 2.45) is 11.7 Å². The molecule has 0 spiro atoms. The van der Waals surface area contributed by atoms with E-state index in [1.165, 1.54) is 19.3 Å². The normalized spacial score (nSPS) is 31.6. The van der Waals surface area contributed by atoms with Crippen LogP contribution in [0.2, 0.25) is 0 Å². The third kappa shape index (κ3) is 2.68. The summed E-state index contributed by atoms with van der Waals surface area (Å²) in [6.45, 7) is 6.89. The van der Waals surface area contributed by atoms with Gasteiger partial charge in [-0.2, -0.15) is 0 Å². The largest absolute Gasteiger partial charge is 0.328 e. The van der Waals surface area contributed by atoms with Crippen molar-refractivity contribution in [2.45, 2.75) is 58.2 Å². The van der Waals surface area contributed by atoms with Crippen molar-refractivity contribution < 1.29 is 0 Å². The van der Waals surface area contributed by atoms with E-state index in [1.807, 2.05) is 0 Å². The molecule has 0 aliphatic heterocycles. The second-order valence-corrected chi connectivity index (χ2v) is 4.88. The van der Waals surface area contributed by atoms with Gasteiger partial charge >= 0.3 is 0 Å². The lowest BCUT2D eigenvalue weighted by Gasteiger charge is -2.33. The van der Waals surface area contributed by atoms with E-state index in [2.05, 4.69) is 32.7 Å². The average molecular weight is 184 g/mol. The predicted octanol–water partition coefficient (Wildman–Crippen LogP) is 1.84. The minimum Gasteiger partial charge on any atom is -0.328 e. The van der Waals surface area contributed by atoms with Crippen molar-refractivity contribution in [1.29, 1.82) is 0 Å². The highest BCUT2D eigenvalue weighted by atomic mass is 15.2. The maximum absolute atomic E-state index is 5.91. The van der Waals surface area contributed by atoms with E-state index in [9.17, 15) is 0 Å². The molecule has 0 bridgehead atoms. The minimum absolute atomic E-state index is 0.451. The summed E-state index contributed by atoms with van der Waals surface area (Å²) in [5.41, 5.74) is 5.91. The van der Waals surface area contributed by atoms with E-state index in [0.29, 0.717) is 12.1 Å². The third-order valence-electron chi connectivity index (χ3n) is 3.63. The molecule has 3 unspecified atom stereocenters. The molecule has 0 aromatic carbocycles. The molecular formula is C11H24N2. The summed E-state index contributed by atoms with van der Waals surface area (Å²) < 4.78 is 0. The van der Waals surface area contributed by atoms with Crippen molar-refractivity contribution in [3.63, 3.8) is 0 Å². The first-order valence-corrected chi connectivity index (χ1v) is 5.50. The Morgan fingerprint density at radius 2 is 1.85 bits per heavy atom. The first-order valence-electron chi connectivity index (χ1n) is 5.50. The summed E-state index contributed by atoms with van der Waals surface area (Å²) in [4.78, 5) is 2.51. The Labute approximate surface area is 82.5 Å². The monoisotopic (exact) mass is 184 g/mol. The van der Waals surface area contributed by atoms with Crippen LogP contribution < -0.4 is 5.73 Å². The van der Waals surface area contributed by atoms with Crippen molar-refractivity contribution in [3.8, 4) is 0 Å². The highest BCUT2D eigenvalue weighted by Gasteiger charge is 2.28. The van der Waals surface area contributed by atoms with Gasteiger partial charge in [0.25, 0.3) is 0 Å². The van der Waals surface area contributed by atoms with Crippen LogP contribution in [0.3, 0.4) is 0 Å². The van der Waals surface area contributed by atoms with Gasteiger partial charge in [0, 0.05) is 18.1 Å². The van der Waals surface area contributed by atoms with Crippen LogP contribution in [0.1, 0.15) is 40.0 Å². The second-order valence-electron chi connectivity index (χ2n) is 4.88. The zero-order chi connectivity index (χ0) is 10.0. The second kappa shape index (κ2) is 4.43. The summed E-state index contributed by atoms with van der Waals surface area (Å²) in [5, 5.41) is 0. The summed E-state index contributed by atoms with van der Waals surface area (Å²) in [6.07, 6.45) is 3.68. The van der Waals surface area contributed by atoms with Crippen molar-refractivity contribution in [1.82, 2.24) is 4.90 Å². The van der Waals surface area contributed by atoms with Crippen LogP contribution in [0, 0.1) is 5.92 Å². The highest BCUT2D eigenvalue weighted by Crippen LogP contribution is 2.24. The van der Waals surface area contributed by atoms with Gasteiger partial charge in [-0.1, -0.05) is 13.8 Å². The van der Waals surface area contributed by atoms with Crippen molar-refractivity contribution >= 4 is 0 Å². The minimum atomic E-state index is 0.451. The molecule has 0 aromatic heterocycles. The summed E-state index contributed by atoms with van der Waals surface area (Å²) in [6, 6.07) is 1.86. The molecule has 2 nitrogen and oxygen atoms in total. The SMILES string of the molecule is CC(C)C(C)N(C)C1CCC(N)C1. The molecule has 0 saturated heterocycles. The zero-order valence-electron chi connectivity index (χ0n) is 9.46. The van der Waals surface area contributed by atoms with Crippen LogP contribution in [0.5, 0.6) is 0 Å². The number of hydrogen-bond acceptors (Lipinski definition) is 2. The Hall–Kier alpha value is -0.0800. The maximum Gasteiger partial charge on any atom is 0.0110 e. The Morgan fingerprint density at radius 1 is 1.23 bits per heavy atom. The van der Waals surface area contributed by atoms with E-state index in [4.69, 9.17) is 5.73 Å². The van der Waals surface area contributed by atoms with Gasteiger partial charge < -0.3 is 10.6 Å². The first-order chi connectivity index (χ1) is 6.02. The van der Waals surface area contributed by atoms with E-state index in [0.717, 1.165) is 12.0 Å². The molecule has 2 N–H and O–H groups in total. The van der Waals surface area contributed by atoms with Crippen LogP contribution in [0.4, 0.5) is 0 Å². The number of nitrogens with two attached hydrogens (primary N) is 1. The fourth-order valence-corrected chi connectivity index (χ4v) is 2.16. The van der Waals surface area contributed by atoms with Gasteiger partial charge in [-0.3, -0.25) is 0 Å². The highest BCUT2D eigenvalue weighted by molar-refractivity contribution is 4.86. The van der Waals surface area contributed by atoms with Crippen molar-refractivity contribution in [2.75, 3.05) is 7.05 Å². The molecule has 78 valence electrons. The lowest BCUT2D eigenvalue weighted by Crippen LogP contribution is -2.40. The molecule has 3 atom stereocenters. The van der Waals surface area contributed by atoms with Crippen LogP contribution in [0.15, 0.2) is 0 Å². The maximum atomic E-state index is 5.91. The Bertz CT molecular complexity index is 156. The van der Waals surface area contributed by atoms with E-state index >= 15 is 0 Å². The smallest absolute Gasteiger partial charge is 0.0110 e. The average Bonchev–Trinajstić information content (AvgIpc) is 2.49. The molecule has 2 heteroatoms. The van der Waals surface area contributed by atoms with Crippen LogP contribution in [-0.2, 0) is 0 Å². The molecular weight excluding hydrogens is 160 g/mol.